The molecule has 0 aromatic heterocycles. The number of benzene rings is 2. The second-order valence-electron chi connectivity index (χ2n) is 3.97. The zero-order valence-corrected chi connectivity index (χ0v) is 13.1. The third kappa shape index (κ3) is 3.86. The Hall–Kier alpha value is -0.740. The van der Waals surface area contributed by atoms with Crippen LogP contribution < -0.4 is 10.5 Å². The van der Waals surface area contributed by atoms with E-state index >= 15 is 0 Å². The average Bonchev–Trinajstić information content (AvgIpc) is 2.36. The Morgan fingerprint density at radius 2 is 1.84 bits per heavy atom. The molecule has 0 fully saturated rings. The molecule has 19 heavy (non-hydrogen) atoms. The van der Waals surface area contributed by atoms with Crippen molar-refractivity contribution in [3.05, 3.63) is 56.5 Å². The number of hydrogen-bond donors (Lipinski definition) is 1. The van der Waals surface area contributed by atoms with Crippen LogP contribution in [0.3, 0.4) is 0 Å². The third-order valence-corrected chi connectivity index (χ3v) is 3.58. The minimum absolute atomic E-state index is 0.478. The van der Waals surface area contributed by atoms with Crippen LogP contribution in [0.15, 0.2) is 40.9 Å². The molecule has 0 amide bonds. The molecule has 5 heteroatoms. The van der Waals surface area contributed by atoms with Crippen molar-refractivity contribution in [3.8, 4) is 11.5 Å². The summed E-state index contributed by atoms with van der Waals surface area (Å²) in [6, 6.07) is 11.0. The average molecular weight is 361 g/mol. The lowest BCUT2D eigenvalue weighted by molar-refractivity contribution is 0.476. The molecule has 2 aromatic rings. The fourth-order valence-corrected chi connectivity index (χ4v) is 2.45. The predicted molar refractivity (Wildman–Crippen MR) is 83.4 cm³/mol. The summed E-state index contributed by atoms with van der Waals surface area (Å²) < 4.78 is 6.79. The topological polar surface area (TPSA) is 35.2 Å². The van der Waals surface area contributed by atoms with E-state index in [1.54, 1.807) is 18.2 Å². The highest BCUT2D eigenvalue weighted by Crippen LogP contribution is 2.34. The maximum absolute atomic E-state index is 6.10. The zero-order valence-electron chi connectivity index (χ0n) is 10.00. The summed E-state index contributed by atoms with van der Waals surface area (Å²) in [5.74, 6) is 1.31. The summed E-state index contributed by atoms with van der Waals surface area (Å²) in [7, 11) is 0. The van der Waals surface area contributed by atoms with Crippen LogP contribution in [0.5, 0.6) is 11.5 Å². The van der Waals surface area contributed by atoms with E-state index in [-0.39, 0.29) is 0 Å². The van der Waals surface area contributed by atoms with Crippen molar-refractivity contribution >= 4 is 39.1 Å². The smallest absolute Gasteiger partial charge is 0.146 e. The number of ether oxygens (including phenoxy) is 1. The van der Waals surface area contributed by atoms with Gasteiger partial charge in [-0.05, 0) is 48.9 Å². The predicted octanol–water partition coefficient (Wildman–Crippen LogP) is 5.05. The largest absolute Gasteiger partial charge is 0.455 e. The van der Waals surface area contributed by atoms with E-state index in [4.69, 9.17) is 33.7 Å². The lowest BCUT2D eigenvalue weighted by Gasteiger charge is -2.12. The number of halogens is 3. The van der Waals surface area contributed by atoms with Gasteiger partial charge in [0, 0.05) is 9.50 Å². The van der Waals surface area contributed by atoms with E-state index < -0.39 is 0 Å². The van der Waals surface area contributed by atoms with Crippen LogP contribution >= 0.6 is 39.1 Å². The molecule has 0 atom stereocenters. The molecule has 100 valence electrons. The van der Waals surface area contributed by atoms with Gasteiger partial charge in [0.15, 0.2) is 0 Å². The van der Waals surface area contributed by atoms with Gasteiger partial charge in [0.05, 0.1) is 5.02 Å². The van der Waals surface area contributed by atoms with E-state index in [2.05, 4.69) is 15.9 Å². The Bertz CT molecular complexity index is 590. The first-order chi connectivity index (χ1) is 9.10. The Kier molecular flexibility index (Phi) is 5.11. The van der Waals surface area contributed by atoms with Gasteiger partial charge >= 0.3 is 0 Å². The van der Waals surface area contributed by atoms with E-state index in [0.29, 0.717) is 22.3 Å². The molecule has 0 saturated carbocycles. The van der Waals surface area contributed by atoms with Crippen molar-refractivity contribution < 1.29 is 4.74 Å². The van der Waals surface area contributed by atoms with Crippen LogP contribution in [-0.2, 0) is 6.42 Å². The first kappa shape index (κ1) is 14.7. The van der Waals surface area contributed by atoms with Gasteiger partial charge < -0.3 is 10.5 Å². The highest BCUT2D eigenvalue weighted by Gasteiger charge is 2.08. The summed E-state index contributed by atoms with van der Waals surface area (Å²) in [4.78, 5) is 0. The molecule has 0 spiro atoms. The summed E-state index contributed by atoms with van der Waals surface area (Å²) in [6.45, 7) is 0.562. The van der Waals surface area contributed by atoms with E-state index in [1.165, 1.54) is 0 Å². The van der Waals surface area contributed by atoms with Gasteiger partial charge in [0.1, 0.15) is 11.5 Å². The molecular weight excluding hydrogens is 349 g/mol. The number of nitrogens with two attached hydrogens (primary N) is 1. The molecule has 0 saturated heterocycles. The van der Waals surface area contributed by atoms with Crippen LogP contribution in [0, 0.1) is 0 Å². The summed E-state index contributed by atoms with van der Waals surface area (Å²) in [5.41, 5.74) is 6.64. The van der Waals surface area contributed by atoms with Crippen molar-refractivity contribution in [1.82, 2.24) is 0 Å². The monoisotopic (exact) mass is 359 g/mol. The Morgan fingerprint density at radius 1 is 1.05 bits per heavy atom. The van der Waals surface area contributed by atoms with Gasteiger partial charge in [-0.1, -0.05) is 45.2 Å². The SMILES string of the molecule is NCCc1ccc(Br)cc1Oc1ccc(Cl)cc1Cl. The highest BCUT2D eigenvalue weighted by molar-refractivity contribution is 9.10. The van der Waals surface area contributed by atoms with Crippen LogP contribution in [0.25, 0.3) is 0 Å². The lowest BCUT2D eigenvalue weighted by atomic mass is 10.1. The van der Waals surface area contributed by atoms with Gasteiger partial charge in [0.25, 0.3) is 0 Å². The standard InChI is InChI=1S/C14H12BrCl2NO/c15-10-2-1-9(5-6-18)14(7-10)19-13-4-3-11(16)8-12(13)17/h1-4,7-8H,5-6,18H2. The number of hydrogen-bond acceptors (Lipinski definition) is 2. The maximum Gasteiger partial charge on any atom is 0.146 e. The third-order valence-electron chi connectivity index (χ3n) is 2.56. The fourth-order valence-electron chi connectivity index (χ4n) is 1.66. The van der Waals surface area contributed by atoms with Crippen LogP contribution in [0.4, 0.5) is 0 Å². The summed E-state index contributed by atoms with van der Waals surface area (Å²) >= 11 is 15.4. The minimum atomic E-state index is 0.478. The molecule has 2 rings (SSSR count). The van der Waals surface area contributed by atoms with Crippen molar-refractivity contribution in [2.24, 2.45) is 5.73 Å². The number of rotatable bonds is 4. The molecule has 0 aliphatic rings. The highest BCUT2D eigenvalue weighted by atomic mass is 79.9. The van der Waals surface area contributed by atoms with Crippen molar-refractivity contribution in [3.63, 3.8) is 0 Å². The molecule has 0 bridgehead atoms. The summed E-state index contributed by atoms with van der Waals surface area (Å²) in [6.07, 6.45) is 0.744. The normalized spacial score (nSPS) is 10.5. The second-order valence-corrected chi connectivity index (χ2v) is 5.73. The first-order valence-corrected chi connectivity index (χ1v) is 7.26. The van der Waals surface area contributed by atoms with Crippen molar-refractivity contribution in [1.29, 1.82) is 0 Å². The van der Waals surface area contributed by atoms with Crippen molar-refractivity contribution in [2.45, 2.75) is 6.42 Å². The van der Waals surface area contributed by atoms with E-state index in [9.17, 15) is 0 Å². The molecule has 2 aromatic carbocycles. The Morgan fingerprint density at radius 3 is 2.53 bits per heavy atom. The second kappa shape index (κ2) is 6.62. The maximum atomic E-state index is 6.10. The lowest BCUT2D eigenvalue weighted by Crippen LogP contribution is -2.04. The Balaban J connectivity index is 2.33. The molecule has 0 aliphatic heterocycles. The van der Waals surface area contributed by atoms with Gasteiger partial charge in [-0.3, -0.25) is 0 Å². The zero-order chi connectivity index (χ0) is 13.8. The fraction of sp³-hybridized carbons (Fsp3) is 0.143. The van der Waals surface area contributed by atoms with E-state index in [1.807, 2.05) is 18.2 Å². The van der Waals surface area contributed by atoms with Gasteiger partial charge in [-0.25, -0.2) is 0 Å². The van der Waals surface area contributed by atoms with Crippen molar-refractivity contribution in [2.75, 3.05) is 6.54 Å². The van der Waals surface area contributed by atoms with Gasteiger partial charge in [-0.15, -0.1) is 0 Å². The molecular formula is C14H12BrCl2NO. The minimum Gasteiger partial charge on any atom is -0.455 e. The Labute approximate surface area is 130 Å². The summed E-state index contributed by atoms with van der Waals surface area (Å²) in [5, 5.41) is 1.06. The van der Waals surface area contributed by atoms with Crippen LogP contribution in [0.1, 0.15) is 5.56 Å². The molecule has 0 heterocycles. The van der Waals surface area contributed by atoms with Gasteiger partial charge in [0.2, 0.25) is 0 Å². The molecule has 2 N–H and O–H groups in total. The van der Waals surface area contributed by atoms with Gasteiger partial charge in [-0.2, -0.15) is 0 Å². The molecule has 0 unspecified atom stereocenters. The molecule has 0 aliphatic carbocycles. The first-order valence-electron chi connectivity index (χ1n) is 5.71. The molecule has 2 nitrogen and oxygen atoms in total. The molecule has 0 radical (unpaired) electrons. The van der Waals surface area contributed by atoms with Crippen LogP contribution in [0.2, 0.25) is 10.0 Å². The van der Waals surface area contributed by atoms with E-state index in [0.717, 1.165) is 22.2 Å². The van der Waals surface area contributed by atoms with Crippen LogP contribution in [-0.4, -0.2) is 6.54 Å². The quantitative estimate of drug-likeness (QED) is 0.827.